The van der Waals surface area contributed by atoms with Gasteiger partial charge in [-0.05, 0) is 63.0 Å². The fraction of sp³-hybridized carbons (Fsp3) is 0.550. The van der Waals surface area contributed by atoms with Crippen LogP contribution in [0.1, 0.15) is 64.5 Å². The number of hydrogen-bond acceptors (Lipinski definition) is 5. The zero-order valence-electron chi connectivity index (χ0n) is 15.3. The first-order valence-corrected chi connectivity index (χ1v) is 10.2. The number of carbonyl (C=O) groups excluding carboxylic acids is 1. The summed E-state index contributed by atoms with van der Waals surface area (Å²) in [5.74, 6) is 1.70. The van der Waals surface area contributed by atoms with E-state index in [0.717, 1.165) is 11.4 Å². The zero-order valence-corrected chi connectivity index (χ0v) is 16.1. The van der Waals surface area contributed by atoms with Crippen molar-refractivity contribution >= 4 is 17.2 Å². The van der Waals surface area contributed by atoms with Gasteiger partial charge in [-0.2, -0.15) is 0 Å². The topological polar surface area (TPSA) is 64.1 Å². The number of nitrogens with zero attached hydrogens (tertiary/aromatic N) is 2. The Labute approximate surface area is 158 Å². The van der Waals surface area contributed by atoms with Crippen LogP contribution in [0.2, 0.25) is 0 Å². The van der Waals surface area contributed by atoms with Gasteiger partial charge < -0.3 is 10.1 Å². The number of aromatic nitrogens is 2. The van der Waals surface area contributed by atoms with Crippen LogP contribution in [0.5, 0.6) is 5.75 Å². The lowest BCUT2D eigenvalue weighted by atomic mass is 10.1. The van der Waals surface area contributed by atoms with E-state index in [1.807, 2.05) is 32.3 Å². The van der Waals surface area contributed by atoms with Gasteiger partial charge >= 0.3 is 0 Å². The normalized spacial score (nSPS) is 17.8. The zero-order chi connectivity index (χ0) is 18.1. The SMILES string of the molecule is Cc1cnc(CC(C)NC(=O)c2ncc(C3CC3)cc2OCC2CC2)s1. The van der Waals surface area contributed by atoms with Crippen LogP contribution in [0.15, 0.2) is 18.5 Å². The molecule has 2 fully saturated rings. The Morgan fingerprint density at radius 1 is 1.31 bits per heavy atom. The largest absolute Gasteiger partial charge is 0.491 e. The summed E-state index contributed by atoms with van der Waals surface area (Å²) in [4.78, 5) is 22.8. The summed E-state index contributed by atoms with van der Waals surface area (Å²) >= 11 is 1.67. The highest BCUT2D eigenvalue weighted by molar-refractivity contribution is 7.11. The van der Waals surface area contributed by atoms with Gasteiger partial charge in [-0.15, -0.1) is 11.3 Å². The highest BCUT2D eigenvalue weighted by Crippen LogP contribution is 2.41. The number of ether oxygens (including phenoxy) is 1. The molecule has 0 saturated heterocycles. The van der Waals surface area contributed by atoms with E-state index >= 15 is 0 Å². The van der Waals surface area contributed by atoms with Crippen molar-refractivity contribution in [2.24, 2.45) is 5.92 Å². The Bertz CT molecular complexity index is 796. The molecule has 2 aromatic heterocycles. The smallest absolute Gasteiger partial charge is 0.273 e. The highest BCUT2D eigenvalue weighted by Gasteiger charge is 2.28. The van der Waals surface area contributed by atoms with Gasteiger partial charge in [0.05, 0.1) is 11.6 Å². The predicted molar refractivity (Wildman–Crippen MR) is 102 cm³/mol. The lowest BCUT2D eigenvalue weighted by Crippen LogP contribution is -2.35. The van der Waals surface area contributed by atoms with Crippen LogP contribution in [0.25, 0.3) is 0 Å². The number of carbonyl (C=O) groups is 1. The van der Waals surface area contributed by atoms with Crippen LogP contribution in [0.4, 0.5) is 0 Å². The van der Waals surface area contributed by atoms with Crippen molar-refractivity contribution in [2.75, 3.05) is 6.61 Å². The minimum Gasteiger partial charge on any atom is -0.491 e. The molecule has 0 bridgehead atoms. The Kier molecular flexibility index (Phi) is 4.94. The van der Waals surface area contributed by atoms with Gasteiger partial charge in [-0.25, -0.2) is 9.97 Å². The maximum absolute atomic E-state index is 12.8. The summed E-state index contributed by atoms with van der Waals surface area (Å²) < 4.78 is 5.97. The van der Waals surface area contributed by atoms with E-state index in [1.165, 1.54) is 36.1 Å². The predicted octanol–water partition coefficient (Wildman–Crippen LogP) is 3.87. The minimum atomic E-state index is -0.168. The molecule has 4 rings (SSSR count). The number of thiazole rings is 1. The first-order chi connectivity index (χ1) is 12.6. The van der Waals surface area contributed by atoms with Crippen LogP contribution < -0.4 is 10.1 Å². The van der Waals surface area contributed by atoms with Crippen molar-refractivity contribution in [2.45, 2.75) is 57.9 Å². The van der Waals surface area contributed by atoms with Crippen molar-refractivity contribution in [1.29, 1.82) is 0 Å². The van der Waals surface area contributed by atoms with Crippen molar-refractivity contribution < 1.29 is 9.53 Å². The Hall–Kier alpha value is -1.95. The van der Waals surface area contributed by atoms with E-state index in [0.29, 0.717) is 29.9 Å². The molecular weight excluding hydrogens is 346 g/mol. The van der Waals surface area contributed by atoms with Crippen LogP contribution in [0, 0.1) is 12.8 Å². The number of nitrogens with one attached hydrogen (secondary N) is 1. The average Bonchev–Trinajstić information content (AvgIpc) is 3.52. The van der Waals surface area contributed by atoms with E-state index in [9.17, 15) is 4.79 Å². The first-order valence-electron chi connectivity index (χ1n) is 9.43. The first kappa shape index (κ1) is 17.5. The quantitative estimate of drug-likeness (QED) is 0.765. The molecule has 1 N–H and O–H groups in total. The fourth-order valence-corrected chi connectivity index (χ4v) is 3.89. The van der Waals surface area contributed by atoms with Crippen molar-refractivity contribution in [3.05, 3.63) is 39.6 Å². The number of aryl methyl sites for hydroxylation is 1. The molecule has 0 aromatic carbocycles. The van der Waals surface area contributed by atoms with Gasteiger partial charge in [-0.1, -0.05) is 0 Å². The molecule has 0 spiro atoms. The molecule has 5 nitrogen and oxygen atoms in total. The lowest BCUT2D eigenvalue weighted by molar-refractivity contribution is 0.0930. The van der Waals surface area contributed by atoms with Crippen LogP contribution in [0.3, 0.4) is 0 Å². The Morgan fingerprint density at radius 3 is 2.77 bits per heavy atom. The van der Waals surface area contributed by atoms with E-state index in [-0.39, 0.29) is 11.9 Å². The van der Waals surface area contributed by atoms with E-state index < -0.39 is 0 Å². The summed E-state index contributed by atoms with van der Waals surface area (Å²) in [7, 11) is 0. The van der Waals surface area contributed by atoms with Gasteiger partial charge in [-0.3, -0.25) is 4.79 Å². The van der Waals surface area contributed by atoms with Crippen LogP contribution in [-0.2, 0) is 6.42 Å². The third-order valence-electron chi connectivity index (χ3n) is 4.84. The number of pyridine rings is 1. The standard InChI is InChI=1S/C20H25N3O2S/c1-12(7-18-21-9-13(2)26-18)23-20(24)19-17(25-11-14-3-4-14)8-16(10-22-19)15-5-6-15/h8-10,12,14-15H,3-7,11H2,1-2H3,(H,23,24). The second kappa shape index (κ2) is 7.35. The molecule has 26 heavy (non-hydrogen) atoms. The summed E-state index contributed by atoms with van der Waals surface area (Å²) in [5.41, 5.74) is 1.59. The molecule has 2 saturated carbocycles. The van der Waals surface area contributed by atoms with Crippen LogP contribution >= 0.6 is 11.3 Å². The van der Waals surface area contributed by atoms with Gasteiger partial charge in [0.1, 0.15) is 0 Å². The summed E-state index contributed by atoms with van der Waals surface area (Å²) in [6.07, 6.45) is 9.30. The third kappa shape index (κ3) is 4.41. The second-order valence-corrected chi connectivity index (χ2v) is 8.91. The molecule has 2 aliphatic rings. The third-order valence-corrected chi connectivity index (χ3v) is 5.77. The highest BCUT2D eigenvalue weighted by atomic mass is 32.1. The molecule has 1 atom stereocenters. The van der Waals surface area contributed by atoms with Crippen molar-refractivity contribution in [1.82, 2.24) is 15.3 Å². The maximum Gasteiger partial charge on any atom is 0.273 e. The van der Waals surface area contributed by atoms with Crippen LogP contribution in [-0.4, -0.2) is 28.5 Å². The molecule has 2 heterocycles. The van der Waals surface area contributed by atoms with Gasteiger partial charge in [0.2, 0.25) is 0 Å². The van der Waals surface area contributed by atoms with Crippen molar-refractivity contribution in [3.63, 3.8) is 0 Å². The molecule has 2 aromatic rings. The van der Waals surface area contributed by atoms with Gasteiger partial charge in [0.15, 0.2) is 11.4 Å². The minimum absolute atomic E-state index is 0.00533. The molecule has 2 aliphatic carbocycles. The molecule has 138 valence electrons. The molecular formula is C20H25N3O2S. The number of amides is 1. The van der Waals surface area contributed by atoms with E-state index in [1.54, 1.807) is 11.3 Å². The monoisotopic (exact) mass is 371 g/mol. The fourth-order valence-electron chi connectivity index (χ4n) is 2.97. The molecule has 1 amide bonds. The molecule has 1 unspecified atom stereocenters. The van der Waals surface area contributed by atoms with E-state index in [4.69, 9.17) is 4.74 Å². The summed E-state index contributed by atoms with van der Waals surface area (Å²) in [6, 6.07) is 2.02. The van der Waals surface area contributed by atoms with Gasteiger partial charge in [0, 0.05) is 29.7 Å². The Balaban J connectivity index is 1.44. The maximum atomic E-state index is 12.8. The summed E-state index contributed by atoms with van der Waals surface area (Å²) in [6.45, 7) is 4.72. The second-order valence-electron chi connectivity index (χ2n) is 7.59. The average molecular weight is 372 g/mol. The summed E-state index contributed by atoms with van der Waals surface area (Å²) in [5, 5.41) is 4.09. The molecule has 0 aliphatic heterocycles. The van der Waals surface area contributed by atoms with E-state index in [2.05, 4.69) is 15.3 Å². The Morgan fingerprint density at radius 2 is 2.12 bits per heavy atom. The van der Waals surface area contributed by atoms with Gasteiger partial charge in [0.25, 0.3) is 5.91 Å². The molecule has 0 radical (unpaired) electrons. The lowest BCUT2D eigenvalue weighted by Gasteiger charge is -2.15. The van der Waals surface area contributed by atoms with Crippen molar-refractivity contribution in [3.8, 4) is 5.75 Å². The number of rotatable bonds is 8. The molecule has 6 heteroatoms. The number of hydrogen-bond donors (Lipinski definition) is 1.